The summed E-state index contributed by atoms with van der Waals surface area (Å²) in [5.41, 5.74) is 0.960. The number of carboxylic acid groups (broad SMARTS) is 1. The van der Waals surface area contributed by atoms with E-state index in [0.29, 0.717) is 6.61 Å². The maximum Gasteiger partial charge on any atom is 0.308 e. The molecule has 1 aromatic carbocycles. The van der Waals surface area contributed by atoms with Gasteiger partial charge >= 0.3 is 5.97 Å². The van der Waals surface area contributed by atoms with Crippen molar-refractivity contribution in [3.05, 3.63) is 24.3 Å². The molecule has 2 atom stereocenters. The molecule has 0 amide bonds. The second-order valence-corrected chi connectivity index (χ2v) is 4.94. The molecule has 0 aliphatic heterocycles. The fourth-order valence-corrected chi connectivity index (χ4v) is 2.63. The summed E-state index contributed by atoms with van der Waals surface area (Å²) in [5, 5.41) is 12.6. The van der Waals surface area contributed by atoms with E-state index in [0.717, 1.165) is 37.1 Å². The van der Waals surface area contributed by atoms with E-state index in [1.807, 2.05) is 31.2 Å². The number of carbonyl (C=O) groups is 1. The van der Waals surface area contributed by atoms with Crippen LogP contribution in [0.25, 0.3) is 0 Å². The van der Waals surface area contributed by atoms with E-state index in [9.17, 15) is 9.90 Å². The summed E-state index contributed by atoms with van der Waals surface area (Å²) in [5.74, 6) is -0.130. The zero-order valence-corrected chi connectivity index (χ0v) is 11.3. The Balaban J connectivity index is 2.00. The Morgan fingerprint density at radius 1 is 1.32 bits per heavy atom. The van der Waals surface area contributed by atoms with Gasteiger partial charge in [0.25, 0.3) is 0 Å². The minimum Gasteiger partial charge on any atom is -0.494 e. The first-order valence-corrected chi connectivity index (χ1v) is 6.93. The van der Waals surface area contributed by atoms with Crippen LogP contribution in [-0.2, 0) is 4.79 Å². The molecule has 0 bridgehead atoms. The third-order valence-electron chi connectivity index (χ3n) is 3.60. The Kier molecular flexibility index (Phi) is 4.66. The van der Waals surface area contributed by atoms with E-state index in [4.69, 9.17) is 4.74 Å². The maximum absolute atomic E-state index is 11.2. The summed E-state index contributed by atoms with van der Waals surface area (Å²) in [6.45, 7) is 2.60. The van der Waals surface area contributed by atoms with Gasteiger partial charge in [0, 0.05) is 11.7 Å². The summed E-state index contributed by atoms with van der Waals surface area (Å²) in [7, 11) is 0. The Morgan fingerprint density at radius 3 is 2.63 bits per heavy atom. The van der Waals surface area contributed by atoms with Crippen molar-refractivity contribution in [1.29, 1.82) is 0 Å². The number of rotatable bonds is 5. The van der Waals surface area contributed by atoms with Crippen LogP contribution >= 0.6 is 0 Å². The quantitative estimate of drug-likeness (QED) is 0.856. The van der Waals surface area contributed by atoms with Gasteiger partial charge in [0.15, 0.2) is 0 Å². The fraction of sp³-hybridized carbons (Fsp3) is 0.533. The van der Waals surface area contributed by atoms with Gasteiger partial charge in [-0.05, 0) is 44.0 Å². The van der Waals surface area contributed by atoms with Crippen molar-refractivity contribution in [2.45, 2.75) is 38.6 Å². The van der Waals surface area contributed by atoms with Crippen molar-refractivity contribution in [3.8, 4) is 5.75 Å². The number of ether oxygens (including phenoxy) is 1. The number of anilines is 1. The van der Waals surface area contributed by atoms with Crippen LogP contribution in [0.1, 0.15) is 32.6 Å². The number of aliphatic carboxylic acids is 1. The molecule has 0 aromatic heterocycles. The highest BCUT2D eigenvalue weighted by Crippen LogP contribution is 2.28. The molecule has 1 aliphatic rings. The number of hydrogen-bond donors (Lipinski definition) is 2. The first-order chi connectivity index (χ1) is 9.20. The monoisotopic (exact) mass is 263 g/mol. The predicted octanol–water partition coefficient (Wildman–Crippen LogP) is 3.14. The van der Waals surface area contributed by atoms with Crippen molar-refractivity contribution in [2.75, 3.05) is 11.9 Å². The summed E-state index contributed by atoms with van der Waals surface area (Å²) in [4.78, 5) is 11.2. The Labute approximate surface area is 113 Å². The highest BCUT2D eigenvalue weighted by Gasteiger charge is 2.30. The third-order valence-corrected chi connectivity index (χ3v) is 3.60. The zero-order chi connectivity index (χ0) is 13.7. The van der Waals surface area contributed by atoms with Gasteiger partial charge in [0.1, 0.15) is 5.75 Å². The lowest BCUT2D eigenvalue weighted by atomic mass is 9.84. The fourth-order valence-electron chi connectivity index (χ4n) is 2.63. The molecule has 2 N–H and O–H groups in total. The largest absolute Gasteiger partial charge is 0.494 e. The highest BCUT2D eigenvalue weighted by molar-refractivity contribution is 5.72. The van der Waals surface area contributed by atoms with Crippen molar-refractivity contribution in [1.82, 2.24) is 0 Å². The van der Waals surface area contributed by atoms with Crippen LogP contribution < -0.4 is 10.1 Å². The number of nitrogens with one attached hydrogen (secondary N) is 1. The number of carboxylic acids is 1. The van der Waals surface area contributed by atoms with E-state index in [2.05, 4.69) is 5.32 Å². The molecule has 0 spiro atoms. The van der Waals surface area contributed by atoms with Gasteiger partial charge in [-0.1, -0.05) is 12.8 Å². The first kappa shape index (κ1) is 13.7. The zero-order valence-electron chi connectivity index (χ0n) is 11.3. The lowest BCUT2D eigenvalue weighted by molar-refractivity contribution is -0.143. The first-order valence-electron chi connectivity index (χ1n) is 6.93. The molecule has 1 aliphatic carbocycles. The molecule has 1 aromatic rings. The van der Waals surface area contributed by atoms with Gasteiger partial charge in [-0.25, -0.2) is 0 Å². The van der Waals surface area contributed by atoms with E-state index < -0.39 is 5.97 Å². The van der Waals surface area contributed by atoms with Gasteiger partial charge in [-0.2, -0.15) is 0 Å². The molecule has 0 saturated heterocycles. The summed E-state index contributed by atoms with van der Waals surface area (Å²) in [6.07, 6.45) is 3.80. The average Bonchev–Trinajstić information content (AvgIpc) is 2.42. The van der Waals surface area contributed by atoms with Gasteiger partial charge in [0.2, 0.25) is 0 Å². The molecule has 0 unspecified atom stereocenters. The maximum atomic E-state index is 11.2. The van der Waals surface area contributed by atoms with Crippen LogP contribution in [0.15, 0.2) is 24.3 Å². The topological polar surface area (TPSA) is 58.6 Å². The molecular weight excluding hydrogens is 242 g/mol. The average molecular weight is 263 g/mol. The van der Waals surface area contributed by atoms with Crippen LogP contribution in [0.3, 0.4) is 0 Å². The third kappa shape index (κ3) is 3.63. The van der Waals surface area contributed by atoms with E-state index >= 15 is 0 Å². The minimum absolute atomic E-state index is 0.0317. The number of benzene rings is 1. The summed E-state index contributed by atoms with van der Waals surface area (Å²) in [6, 6.07) is 7.73. The van der Waals surface area contributed by atoms with Crippen LogP contribution in [0.4, 0.5) is 5.69 Å². The van der Waals surface area contributed by atoms with Crippen molar-refractivity contribution < 1.29 is 14.6 Å². The Bertz CT molecular complexity index is 416. The lowest BCUT2D eigenvalue weighted by Gasteiger charge is -2.30. The van der Waals surface area contributed by atoms with Crippen LogP contribution in [-0.4, -0.2) is 23.7 Å². The molecule has 0 radical (unpaired) electrons. The van der Waals surface area contributed by atoms with Crippen molar-refractivity contribution in [2.24, 2.45) is 5.92 Å². The van der Waals surface area contributed by atoms with Gasteiger partial charge < -0.3 is 15.2 Å². The normalized spacial score (nSPS) is 22.8. The van der Waals surface area contributed by atoms with Gasteiger partial charge in [-0.15, -0.1) is 0 Å². The lowest BCUT2D eigenvalue weighted by Crippen LogP contribution is -2.37. The molecule has 2 rings (SSSR count). The SMILES string of the molecule is CCOc1ccc(N[C@@H]2CCCC[C@@H]2C(=O)O)cc1. The standard InChI is InChI=1S/C15H21NO3/c1-2-19-12-9-7-11(8-10-12)16-14-6-4-3-5-13(14)15(17)18/h7-10,13-14,16H,2-6H2,1H3,(H,17,18)/t13-,14+/m0/s1. The van der Waals surface area contributed by atoms with Gasteiger partial charge in [-0.3, -0.25) is 4.79 Å². The highest BCUT2D eigenvalue weighted by atomic mass is 16.5. The molecule has 1 fully saturated rings. The molecule has 4 heteroatoms. The molecule has 0 heterocycles. The van der Waals surface area contributed by atoms with E-state index in [1.54, 1.807) is 0 Å². The summed E-state index contributed by atoms with van der Waals surface area (Å²) >= 11 is 0. The smallest absolute Gasteiger partial charge is 0.308 e. The van der Waals surface area contributed by atoms with Crippen LogP contribution in [0.5, 0.6) is 5.75 Å². The van der Waals surface area contributed by atoms with Crippen LogP contribution in [0.2, 0.25) is 0 Å². The van der Waals surface area contributed by atoms with Gasteiger partial charge in [0.05, 0.1) is 12.5 Å². The second-order valence-electron chi connectivity index (χ2n) is 4.94. The molecular formula is C15H21NO3. The molecule has 19 heavy (non-hydrogen) atoms. The number of hydrogen-bond acceptors (Lipinski definition) is 3. The van der Waals surface area contributed by atoms with Crippen LogP contribution in [0, 0.1) is 5.92 Å². The molecule has 4 nitrogen and oxygen atoms in total. The van der Waals surface area contributed by atoms with E-state index in [1.165, 1.54) is 0 Å². The molecule has 104 valence electrons. The Hall–Kier alpha value is -1.71. The summed E-state index contributed by atoms with van der Waals surface area (Å²) < 4.78 is 5.39. The second kappa shape index (κ2) is 6.45. The van der Waals surface area contributed by atoms with Crippen molar-refractivity contribution in [3.63, 3.8) is 0 Å². The Morgan fingerprint density at radius 2 is 2.00 bits per heavy atom. The van der Waals surface area contributed by atoms with E-state index in [-0.39, 0.29) is 12.0 Å². The van der Waals surface area contributed by atoms with Crippen molar-refractivity contribution >= 4 is 11.7 Å². The minimum atomic E-state index is -0.692. The molecule has 1 saturated carbocycles. The predicted molar refractivity (Wildman–Crippen MR) is 74.6 cm³/mol.